The number of carbonyl (C=O) groups excluding carboxylic acids is 1. The zero-order valence-electron chi connectivity index (χ0n) is 7.65. The van der Waals surface area contributed by atoms with Crippen molar-refractivity contribution in [3.8, 4) is 0 Å². The van der Waals surface area contributed by atoms with Crippen LogP contribution in [-0.4, -0.2) is 21.6 Å². The summed E-state index contributed by atoms with van der Waals surface area (Å²) in [5.74, 6) is -0.171. The molecule has 0 spiro atoms. The maximum absolute atomic E-state index is 12.1. The molecule has 0 amide bonds. The lowest BCUT2D eigenvalue weighted by Crippen LogP contribution is -2.30. The molecule has 0 aliphatic rings. The number of rotatable bonds is 4. The van der Waals surface area contributed by atoms with Crippen molar-refractivity contribution >= 4 is 5.78 Å². The molecule has 1 aromatic heterocycles. The second-order valence-corrected chi connectivity index (χ2v) is 3.03. The van der Waals surface area contributed by atoms with Crippen LogP contribution in [0.2, 0.25) is 0 Å². The van der Waals surface area contributed by atoms with Crippen LogP contribution in [0, 0.1) is 0 Å². The molecule has 14 heavy (non-hydrogen) atoms. The summed E-state index contributed by atoms with van der Waals surface area (Å²) in [6.07, 6.45) is 2.71. The van der Waals surface area contributed by atoms with Crippen molar-refractivity contribution in [3.05, 3.63) is 18.0 Å². The highest BCUT2D eigenvalue weighted by molar-refractivity contribution is 5.81. The van der Waals surface area contributed by atoms with Crippen LogP contribution in [0.25, 0.3) is 0 Å². The van der Waals surface area contributed by atoms with Gasteiger partial charge in [-0.05, 0) is 18.9 Å². The third kappa shape index (κ3) is 2.59. The standard InChI is InChI=1S/C8H11F2N3O/c1-5(14)7(11)2-6-3-12-13(4-6)8(9)10/h3-4,7-8H,2,11H2,1H3. The van der Waals surface area contributed by atoms with Gasteiger partial charge < -0.3 is 5.73 Å². The van der Waals surface area contributed by atoms with Crippen molar-refractivity contribution in [2.24, 2.45) is 5.73 Å². The number of Topliss-reactive ketones (excluding diaryl/α,β-unsaturated/α-hetero) is 1. The van der Waals surface area contributed by atoms with Crippen LogP contribution >= 0.6 is 0 Å². The fraction of sp³-hybridized carbons (Fsp3) is 0.500. The lowest BCUT2D eigenvalue weighted by atomic mass is 10.1. The summed E-state index contributed by atoms with van der Waals surface area (Å²) in [6, 6.07) is -0.648. The molecule has 4 nitrogen and oxygen atoms in total. The van der Waals surface area contributed by atoms with Crippen molar-refractivity contribution in [2.45, 2.75) is 25.9 Å². The van der Waals surface area contributed by atoms with Crippen LogP contribution < -0.4 is 5.73 Å². The average Bonchev–Trinajstić information content (AvgIpc) is 2.52. The number of carbonyl (C=O) groups is 1. The van der Waals surface area contributed by atoms with Gasteiger partial charge in [-0.1, -0.05) is 0 Å². The number of hydrogen-bond acceptors (Lipinski definition) is 3. The van der Waals surface area contributed by atoms with Gasteiger partial charge in [0.15, 0.2) is 0 Å². The first-order valence-corrected chi connectivity index (χ1v) is 4.08. The van der Waals surface area contributed by atoms with Crippen molar-refractivity contribution in [2.75, 3.05) is 0 Å². The molecular weight excluding hydrogens is 192 g/mol. The van der Waals surface area contributed by atoms with Gasteiger partial charge in [-0.2, -0.15) is 13.9 Å². The van der Waals surface area contributed by atoms with Crippen LogP contribution in [-0.2, 0) is 11.2 Å². The Labute approximate surface area is 79.7 Å². The van der Waals surface area contributed by atoms with Gasteiger partial charge in [-0.25, -0.2) is 4.68 Å². The monoisotopic (exact) mass is 203 g/mol. The van der Waals surface area contributed by atoms with E-state index in [0.717, 1.165) is 0 Å². The fourth-order valence-electron chi connectivity index (χ4n) is 0.987. The van der Waals surface area contributed by atoms with Crippen LogP contribution in [0.5, 0.6) is 0 Å². The Balaban J connectivity index is 2.64. The minimum atomic E-state index is -2.66. The Morgan fingerprint density at radius 1 is 1.71 bits per heavy atom. The molecule has 0 aromatic carbocycles. The quantitative estimate of drug-likeness (QED) is 0.784. The summed E-state index contributed by atoms with van der Waals surface area (Å²) < 4.78 is 24.7. The van der Waals surface area contributed by atoms with Crippen LogP contribution in [0.3, 0.4) is 0 Å². The predicted octanol–water partition coefficient (Wildman–Crippen LogP) is 0.737. The number of aromatic nitrogens is 2. The van der Waals surface area contributed by atoms with Gasteiger partial charge >= 0.3 is 6.55 Å². The van der Waals surface area contributed by atoms with Crippen molar-refractivity contribution in [3.63, 3.8) is 0 Å². The maximum atomic E-state index is 12.1. The first-order valence-electron chi connectivity index (χ1n) is 4.08. The summed E-state index contributed by atoms with van der Waals surface area (Å²) >= 11 is 0. The molecule has 2 N–H and O–H groups in total. The van der Waals surface area contributed by atoms with E-state index in [-0.39, 0.29) is 12.2 Å². The molecule has 0 saturated carbocycles. The maximum Gasteiger partial charge on any atom is 0.333 e. The van der Waals surface area contributed by atoms with Gasteiger partial charge in [-0.15, -0.1) is 0 Å². The Hall–Kier alpha value is -1.30. The highest BCUT2D eigenvalue weighted by atomic mass is 19.3. The van der Waals surface area contributed by atoms with E-state index in [1.165, 1.54) is 19.3 Å². The highest BCUT2D eigenvalue weighted by Crippen LogP contribution is 2.10. The van der Waals surface area contributed by atoms with Crippen molar-refractivity contribution in [1.82, 2.24) is 9.78 Å². The predicted molar refractivity (Wildman–Crippen MR) is 45.8 cm³/mol. The van der Waals surface area contributed by atoms with E-state index in [1.807, 2.05) is 0 Å². The zero-order chi connectivity index (χ0) is 10.7. The zero-order valence-corrected chi connectivity index (χ0v) is 7.65. The summed E-state index contributed by atoms with van der Waals surface area (Å²) in [4.78, 5) is 10.8. The minimum absolute atomic E-state index is 0.171. The van der Waals surface area contributed by atoms with Crippen molar-refractivity contribution < 1.29 is 13.6 Å². The molecule has 6 heteroatoms. The van der Waals surface area contributed by atoms with Crippen LogP contribution in [0.4, 0.5) is 8.78 Å². The highest BCUT2D eigenvalue weighted by Gasteiger charge is 2.12. The molecule has 0 saturated heterocycles. The second kappa shape index (κ2) is 4.28. The number of nitrogens with two attached hydrogens (primary N) is 1. The first kappa shape index (κ1) is 10.8. The topological polar surface area (TPSA) is 60.9 Å². The number of nitrogens with zero attached hydrogens (tertiary/aromatic N) is 2. The third-order valence-electron chi connectivity index (χ3n) is 1.83. The molecule has 0 aliphatic carbocycles. The summed E-state index contributed by atoms with van der Waals surface area (Å²) in [5, 5.41) is 3.43. The Bertz CT molecular complexity index is 324. The molecule has 1 heterocycles. The molecule has 1 unspecified atom stereocenters. The van der Waals surface area contributed by atoms with Gasteiger partial charge in [0, 0.05) is 6.20 Å². The number of halogens is 2. The van der Waals surface area contributed by atoms with Crippen LogP contribution in [0.1, 0.15) is 19.0 Å². The van der Waals surface area contributed by atoms with Gasteiger partial charge in [0.05, 0.1) is 12.2 Å². The smallest absolute Gasteiger partial charge is 0.321 e. The van der Waals surface area contributed by atoms with Gasteiger partial charge in [0.2, 0.25) is 0 Å². The normalized spacial score (nSPS) is 13.2. The van der Waals surface area contributed by atoms with E-state index in [1.54, 1.807) is 0 Å². The van der Waals surface area contributed by atoms with E-state index in [9.17, 15) is 13.6 Å². The fourth-order valence-corrected chi connectivity index (χ4v) is 0.987. The van der Waals surface area contributed by atoms with Gasteiger partial charge in [-0.3, -0.25) is 4.79 Å². The molecule has 1 rings (SSSR count). The second-order valence-electron chi connectivity index (χ2n) is 3.03. The summed E-state index contributed by atoms with van der Waals surface area (Å²) in [7, 11) is 0. The SMILES string of the molecule is CC(=O)C(N)Cc1cnn(C(F)F)c1. The summed E-state index contributed by atoms with van der Waals surface area (Å²) in [5.41, 5.74) is 5.99. The molecule has 1 atom stereocenters. The average molecular weight is 203 g/mol. The molecule has 78 valence electrons. The van der Waals surface area contributed by atoms with Gasteiger partial charge in [0.1, 0.15) is 5.78 Å². The van der Waals surface area contributed by atoms with E-state index < -0.39 is 12.6 Å². The number of alkyl halides is 2. The lowest BCUT2D eigenvalue weighted by Gasteiger charge is -2.04. The van der Waals surface area contributed by atoms with E-state index in [0.29, 0.717) is 10.2 Å². The van der Waals surface area contributed by atoms with Crippen LogP contribution in [0.15, 0.2) is 12.4 Å². The molecule has 0 radical (unpaired) electrons. The number of ketones is 1. The molecule has 1 aromatic rings. The Morgan fingerprint density at radius 3 is 2.79 bits per heavy atom. The third-order valence-corrected chi connectivity index (χ3v) is 1.83. The molecular formula is C8H11F2N3O. The van der Waals surface area contributed by atoms with E-state index >= 15 is 0 Å². The Morgan fingerprint density at radius 2 is 2.36 bits per heavy atom. The Kier molecular flexibility index (Phi) is 3.29. The largest absolute Gasteiger partial charge is 0.333 e. The van der Waals surface area contributed by atoms with E-state index in [4.69, 9.17) is 5.73 Å². The van der Waals surface area contributed by atoms with Gasteiger partial charge in [0.25, 0.3) is 0 Å². The summed E-state index contributed by atoms with van der Waals surface area (Å²) in [6.45, 7) is -1.29. The van der Waals surface area contributed by atoms with Crippen molar-refractivity contribution in [1.29, 1.82) is 0 Å². The first-order chi connectivity index (χ1) is 6.50. The molecule has 0 aliphatic heterocycles. The minimum Gasteiger partial charge on any atom is -0.321 e. The van der Waals surface area contributed by atoms with E-state index in [2.05, 4.69) is 5.10 Å². The molecule has 0 bridgehead atoms. The molecule has 0 fully saturated rings. The lowest BCUT2D eigenvalue weighted by molar-refractivity contribution is -0.118. The number of hydrogen-bond donors (Lipinski definition) is 1.